The molecule has 0 aromatic rings. The van der Waals surface area contributed by atoms with Crippen LogP contribution in [0.25, 0.3) is 0 Å². The molecule has 2 fully saturated rings. The van der Waals surface area contributed by atoms with Gasteiger partial charge < -0.3 is 15.0 Å². The Hall–Kier alpha value is -0.770. The van der Waals surface area contributed by atoms with Crippen LogP contribution in [-0.2, 0) is 4.74 Å². The Labute approximate surface area is 123 Å². The largest absolute Gasteiger partial charge is 0.444 e. The van der Waals surface area contributed by atoms with Crippen molar-refractivity contribution < 1.29 is 9.53 Å². The van der Waals surface area contributed by atoms with Crippen molar-refractivity contribution in [2.75, 3.05) is 6.54 Å². The number of nitrogens with zero attached hydrogens (tertiary/aromatic N) is 1. The normalized spacial score (nSPS) is 29.9. The van der Waals surface area contributed by atoms with Crippen molar-refractivity contribution in [2.45, 2.75) is 84.0 Å². The van der Waals surface area contributed by atoms with Crippen molar-refractivity contribution in [3.8, 4) is 0 Å². The summed E-state index contributed by atoms with van der Waals surface area (Å²) in [5, 5.41) is 3.65. The summed E-state index contributed by atoms with van der Waals surface area (Å²) in [5.41, 5.74) is -0.400. The van der Waals surface area contributed by atoms with Gasteiger partial charge >= 0.3 is 6.09 Å². The summed E-state index contributed by atoms with van der Waals surface area (Å²) in [7, 11) is 0. The van der Waals surface area contributed by atoms with Gasteiger partial charge in [0.2, 0.25) is 0 Å². The molecule has 116 valence electrons. The molecule has 0 radical (unpaired) electrons. The van der Waals surface area contributed by atoms with Crippen LogP contribution >= 0.6 is 0 Å². The van der Waals surface area contributed by atoms with Crippen molar-refractivity contribution in [3.05, 3.63) is 0 Å². The molecule has 20 heavy (non-hydrogen) atoms. The quantitative estimate of drug-likeness (QED) is 0.864. The van der Waals surface area contributed by atoms with Gasteiger partial charge in [-0.2, -0.15) is 0 Å². The van der Waals surface area contributed by atoms with Crippen LogP contribution in [0.1, 0.15) is 60.3 Å². The monoisotopic (exact) mass is 282 g/mol. The molecular formula is C16H30N2O2. The highest BCUT2D eigenvalue weighted by Crippen LogP contribution is 2.36. The molecule has 4 heteroatoms. The molecule has 0 aliphatic carbocycles. The maximum absolute atomic E-state index is 12.3. The summed E-state index contributed by atoms with van der Waals surface area (Å²) in [4.78, 5) is 14.3. The summed E-state index contributed by atoms with van der Waals surface area (Å²) in [6.07, 6.45) is 4.28. The van der Waals surface area contributed by atoms with Gasteiger partial charge in [-0.1, -0.05) is 13.8 Å². The van der Waals surface area contributed by atoms with Gasteiger partial charge in [0.05, 0.1) is 0 Å². The van der Waals surface area contributed by atoms with Crippen LogP contribution in [0.3, 0.4) is 0 Å². The number of carbonyl (C=O) groups excluding carboxylic acids is 1. The lowest BCUT2D eigenvalue weighted by Crippen LogP contribution is -2.53. The third-order valence-electron chi connectivity index (χ3n) is 4.15. The molecule has 2 heterocycles. The van der Waals surface area contributed by atoms with Gasteiger partial charge in [-0.3, -0.25) is 0 Å². The molecule has 2 saturated heterocycles. The number of carbonyl (C=O) groups is 1. The standard InChI is InChI=1S/C16H30N2O2/c1-11(2)10-17-12-8-13-6-7-14(9-12)18(13)15(19)20-16(3,4)5/h11-14,17H,6-10H2,1-5H3. The second-order valence-corrected chi connectivity index (χ2v) is 7.74. The van der Waals surface area contributed by atoms with Crippen LogP contribution in [0.15, 0.2) is 0 Å². The Balaban J connectivity index is 1.91. The van der Waals surface area contributed by atoms with Crippen LogP contribution in [-0.4, -0.2) is 41.3 Å². The average Bonchev–Trinajstić information content (AvgIpc) is 2.56. The van der Waals surface area contributed by atoms with E-state index in [0.717, 1.165) is 32.2 Å². The predicted molar refractivity (Wildman–Crippen MR) is 80.7 cm³/mol. The first-order chi connectivity index (χ1) is 9.26. The molecular weight excluding hydrogens is 252 g/mol. The Bertz CT molecular complexity index is 335. The van der Waals surface area contributed by atoms with Crippen molar-refractivity contribution in [1.82, 2.24) is 10.2 Å². The highest BCUT2D eigenvalue weighted by molar-refractivity contribution is 5.69. The van der Waals surface area contributed by atoms with E-state index in [4.69, 9.17) is 4.74 Å². The van der Waals surface area contributed by atoms with Gasteiger partial charge in [0.25, 0.3) is 0 Å². The Morgan fingerprint density at radius 1 is 1.25 bits per heavy atom. The molecule has 0 aromatic heterocycles. The first-order valence-corrected chi connectivity index (χ1v) is 8.01. The van der Waals surface area contributed by atoms with E-state index in [1.807, 2.05) is 25.7 Å². The second-order valence-electron chi connectivity index (χ2n) is 7.74. The fraction of sp³-hybridized carbons (Fsp3) is 0.938. The number of hydrogen-bond acceptors (Lipinski definition) is 3. The molecule has 0 aromatic carbocycles. The number of nitrogens with one attached hydrogen (secondary N) is 1. The molecule has 2 bridgehead atoms. The number of fused-ring (bicyclic) bond motifs is 2. The summed E-state index contributed by atoms with van der Waals surface area (Å²) in [6.45, 7) is 11.3. The first-order valence-electron chi connectivity index (χ1n) is 8.01. The van der Waals surface area contributed by atoms with E-state index < -0.39 is 5.60 Å². The van der Waals surface area contributed by atoms with Crippen molar-refractivity contribution in [1.29, 1.82) is 0 Å². The van der Waals surface area contributed by atoms with Crippen LogP contribution in [0.4, 0.5) is 4.79 Å². The van der Waals surface area contributed by atoms with Gasteiger partial charge in [-0.05, 0) is 58.9 Å². The lowest BCUT2D eigenvalue weighted by molar-refractivity contribution is 0.00463. The topological polar surface area (TPSA) is 41.6 Å². The lowest BCUT2D eigenvalue weighted by atomic mass is 9.97. The lowest BCUT2D eigenvalue weighted by Gasteiger charge is -2.40. The molecule has 2 unspecified atom stereocenters. The zero-order valence-electron chi connectivity index (χ0n) is 13.6. The zero-order chi connectivity index (χ0) is 14.9. The van der Waals surface area contributed by atoms with Gasteiger partial charge in [-0.15, -0.1) is 0 Å². The number of hydrogen-bond donors (Lipinski definition) is 1. The molecule has 2 aliphatic rings. The third-order valence-corrected chi connectivity index (χ3v) is 4.15. The van der Waals surface area contributed by atoms with E-state index in [0.29, 0.717) is 24.0 Å². The summed E-state index contributed by atoms with van der Waals surface area (Å²) in [5.74, 6) is 0.677. The molecule has 1 N–H and O–H groups in total. The van der Waals surface area contributed by atoms with Gasteiger partial charge in [0.15, 0.2) is 0 Å². The summed E-state index contributed by atoms with van der Waals surface area (Å²) < 4.78 is 5.56. The zero-order valence-corrected chi connectivity index (χ0v) is 13.6. The first kappa shape index (κ1) is 15.6. The summed E-state index contributed by atoms with van der Waals surface area (Å²) in [6, 6.07) is 1.30. The third kappa shape index (κ3) is 3.87. The SMILES string of the molecule is CC(C)CNC1CC2CCC(C1)N2C(=O)OC(C)(C)C. The Morgan fingerprint density at radius 2 is 1.80 bits per heavy atom. The number of ether oxygens (including phenoxy) is 1. The van der Waals surface area contributed by atoms with E-state index in [1.54, 1.807) is 0 Å². The molecule has 0 spiro atoms. The van der Waals surface area contributed by atoms with E-state index >= 15 is 0 Å². The Kier molecular flexibility index (Phi) is 4.62. The van der Waals surface area contributed by atoms with Crippen molar-refractivity contribution in [2.24, 2.45) is 5.92 Å². The fourth-order valence-corrected chi connectivity index (χ4v) is 3.36. The molecule has 2 rings (SSSR count). The van der Waals surface area contributed by atoms with Gasteiger partial charge in [0.1, 0.15) is 5.60 Å². The van der Waals surface area contributed by atoms with Crippen molar-refractivity contribution in [3.63, 3.8) is 0 Å². The Morgan fingerprint density at radius 3 is 2.25 bits per heavy atom. The van der Waals surface area contributed by atoms with Crippen molar-refractivity contribution >= 4 is 6.09 Å². The second kappa shape index (κ2) is 5.92. The highest BCUT2D eigenvalue weighted by atomic mass is 16.6. The van der Waals surface area contributed by atoms with Crippen LogP contribution in [0.5, 0.6) is 0 Å². The fourth-order valence-electron chi connectivity index (χ4n) is 3.36. The predicted octanol–water partition coefficient (Wildman–Crippen LogP) is 3.16. The molecule has 2 atom stereocenters. The molecule has 2 aliphatic heterocycles. The smallest absolute Gasteiger partial charge is 0.410 e. The highest BCUT2D eigenvalue weighted by Gasteiger charge is 2.44. The van der Waals surface area contributed by atoms with E-state index in [-0.39, 0.29) is 6.09 Å². The number of rotatable bonds is 3. The summed E-state index contributed by atoms with van der Waals surface area (Å²) >= 11 is 0. The van der Waals surface area contributed by atoms with Gasteiger partial charge in [-0.25, -0.2) is 4.79 Å². The minimum absolute atomic E-state index is 0.118. The van der Waals surface area contributed by atoms with E-state index in [1.165, 1.54) is 0 Å². The minimum atomic E-state index is -0.400. The van der Waals surface area contributed by atoms with Gasteiger partial charge in [0, 0.05) is 18.1 Å². The van der Waals surface area contributed by atoms with E-state index in [9.17, 15) is 4.79 Å². The van der Waals surface area contributed by atoms with Crippen LogP contribution in [0.2, 0.25) is 0 Å². The molecule has 1 amide bonds. The number of amides is 1. The van der Waals surface area contributed by atoms with Crippen LogP contribution < -0.4 is 5.32 Å². The van der Waals surface area contributed by atoms with Crippen LogP contribution in [0, 0.1) is 5.92 Å². The number of piperidine rings is 1. The molecule has 0 saturated carbocycles. The van der Waals surface area contributed by atoms with E-state index in [2.05, 4.69) is 19.2 Å². The maximum Gasteiger partial charge on any atom is 0.410 e. The molecule has 4 nitrogen and oxygen atoms in total. The maximum atomic E-state index is 12.3. The average molecular weight is 282 g/mol. The minimum Gasteiger partial charge on any atom is -0.444 e.